The Morgan fingerprint density at radius 1 is 1.32 bits per heavy atom. The fraction of sp³-hybridized carbons (Fsp3) is 0.500. The molecule has 198 valence electrons. The maximum absolute atomic E-state index is 13.0. The number of hydrogen-bond donors (Lipinski definition) is 1. The smallest absolute Gasteiger partial charge is 0.341 e. The van der Waals surface area contributed by atoms with Gasteiger partial charge in [-0.15, -0.1) is 11.3 Å². The zero-order chi connectivity index (χ0) is 26.7. The number of thioether (sulfide) groups is 1. The molecule has 37 heavy (non-hydrogen) atoms. The molecule has 1 aliphatic carbocycles. The van der Waals surface area contributed by atoms with Gasteiger partial charge in [0.2, 0.25) is 5.91 Å². The number of carbonyl (C=O) groups is 3. The average molecular weight is 544 g/mol. The predicted octanol–water partition coefficient (Wildman–Crippen LogP) is 4.41. The first-order valence-electron chi connectivity index (χ1n) is 12.6. The van der Waals surface area contributed by atoms with Crippen molar-refractivity contribution in [3.05, 3.63) is 39.2 Å². The van der Waals surface area contributed by atoms with Crippen molar-refractivity contribution in [1.29, 1.82) is 0 Å². The summed E-state index contributed by atoms with van der Waals surface area (Å²) in [6.45, 7) is 8.43. The predicted molar refractivity (Wildman–Crippen MR) is 148 cm³/mol. The highest BCUT2D eigenvalue weighted by molar-refractivity contribution is 8.14. The molecule has 1 unspecified atom stereocenters. The molecule has 0 saturated heterocycles. The number of nitrogens with one attached hydrogen (secondary N) is 1. The fourth-order valence-corrected chi connectivity index (χ4v) is 6.86. The Morgan fingerprint density at radius 3 is 2.76 bits per heavy atom. The first-order valence-corrected chi connectivity index (χ1v) is 14.4. The lowest BCUT2D eigenvalue weighted by Crippen LogP contribution is -2.31. The van der Waals surface area contributed by atoms with E-state index >= 15 is 0 Å². The molecule has 0 radical (unpaired) electrons. The molecule has 0 fully saturated rings. The molecule has 0 bridgehead atoms. The van der Waals surface area contributed by atoms with Crippen LogP contribution in [0.5, 0.6) is 0 Å². The summed E-state index contributed by atoms with van der Waals surface area (Å²) in [6.07, 6.45) is 7.43. The van der Waals surface area contributed by atoms with Crippen molar-refractivity contribution in [2.24, 2.45) is 18.0 Å². The number of esters is 1. The van der Waals surface area contributed by atoms with Gasteiger partial charge in [0.1, 0.15) is 10.7 Å². The number of aliphatic imine (C=N–C) groups is 1. The number of amides is 2. The Bertz CT molecular complexity index is 1280. The fourth-order valence-electron chi connectivity index (χ4n) is 4.63. The molecule has 2 aromatic rings. The lowest BCUT2D eigenvalue weighted by Gasteiger charge is -2.20. The van der Waals surface area contributed by atoms with Gasteiger partial charge in [-0.2, -0.15) is 5.10 Å². The maximum atomic E-state index is 13.0. The van der Waals surface area contributed by atoms with Gasteiger partial charge in [0.05, 0.1) is 23.6 Å². The summed E-state index contributed by atoms with van der Waals surface area (Å²) in [6, 6.07) is 0. The van der Waals surface area contributed by atoms with Crippen molar-refractivity contribution in [3.8, 4) is 0 Å². The van der Waals surface area contributed by atoms with Crippen LogP contribution in [0.1, 0.15) is 65.7 Å². The number of hydrogen-bond acceptors (Lipinski definition) is 8. The van der Waals surface area contributed by atoms with E-state index in [1.54, 1.807) is 22.6 Å². The highest BCUT2D eigenvalue weighted by atomic mass is 32.2. The molecular formula is C26H33N5O4S2. The van der Waals surface area contributed by atoms with Gasteiger partial charge in [0.15, 0.2) is 5.17 Å². The Kier molecular flexibility index (Phi) is 8.53. The summed E-state index contributed by atoms with van der Waals surface area (Å²) >= 11 is 2.68. The minimum absolute atomic E-state index is 0.0598. The number of ether oxygens (including phenoxy) is 1. The standard InChI is InChI=1S/C26H33N5O4S2/c1-6-16-9-10-18-20(11-16)37-23(22(18)25(34)35-8-3)28-21(32)14-36-26-27-19(24(33)31(26)7-2)12-17-13-30(5)29-15(17)4/h12-13,16H,6-11,14H2,1-5H3,(H,28,32). The van der Waals surface area contributed by atoms with Crippen molar-refractivity contribution in [1.82, 2.24) is 14.7 Å². The van der Waals surface area contributed by atoms with E-state index in [4.69, 9.17) is 4.74 Å². The molecule has 2 amide bonds. The molecule has 2 aromatic heterocycles. The van der Waals surface area contributed by atoms with Crippen LogP contribution in [0.3, 0.4) is 0 Å². The first kappa shape index (κ1) is 27.1. The number of amidine groups is 1. The second-order valence-corrected chi connectivity index (χ2v) is 11.1. The molecule has 4 rings (SSSR count). The number of likely N-dealkylation sites (N-methyl/N-ethyl adjacent to an activating group) is 1. The third-order valence-corrected chi connectivity index (χ3v) is 8.73. The Balaban J connectivity index is 1.49. The van der Waals surface area contributed by atoms with Gasteiger partial charge in [-0.1, -0.05) is 25.1 Å². The zero-order valence-corrected chi connectivity index (χ0v) is 23.6. The lowest BCUT2D eigenvalue weighted by molar-refractivity contribution is -0.122. The van der Waals surface area contributed by atoms with Gasteiger partial charge in [-0.25, -0.2) is 9.79 Å². The first-order chi connectivity index (χ1) is 17.7. The van der Waals surface area contributed by atoms with E-state index in [2.05, 4.69) is 22.3 Å². The van der Waals surface area contributed by atoms with Crippen LogP contribution in [-0.2, 0) is 34.2 Å². The number of thiophene rings is 1. The van der Waals surface area contributed by atoms with Crippen LogP contribution in [-0.4, -0.2) is 56.5 Å². The molecule has 1 N–H and O–H groups in total. The highest BCUT2D eigenvalue weighted by Crippen LogP contribution is 2.41. The molecule has 0 spiro atoms. The zero-order valence-electron chi connectivity index (χ0n) is 21.9. The van der Waals surface area contributed by atoms with Gasteiger partial charge in [-0.3, -0.25) is 19.2 Å². The minimum Gasteiger partial charge on any atom is -0.462 e. The van der Waals surface area contributed by atoms with E-state index in [1.807, 2.05) is 27.1 Å². The molecule has 11 heteroatoms. The highest BCUT2D eigenvalue weighted by Gasteiger charge is 2.32. The monoisotopic (exact) mass is 543 g/mol. The number of carbonyl (C=O) groups excluding carboxylic acids is 3. The van der Waals surface area contributed by atoms with E-state index in [-0.39, 0.29) is 30.1 Å². The van der Waals surface area contributed by atoms with Gasteiger partial charge >= 0.3 is 5.97 Å². The van der Waals surface area contributed by atoms with E-state index in [0.29, 0.717) is 33.9 Å². The average Bonchev–Trinajstić information content (AvgIpc) is 3.49. The number of fused-ring (bicyclic) bond motifs is 1. The quantitative estimate of drug-likeness (QED) is 0.391. The van der Waals surface area contributed by atoms with Gasteiger partial charge in [-0.05, 0) is 57.6 Å². The molecular weight excluding hydrogens is 510 g/mol. The number of aromatic nitrogens is 2. The van der Waals surface area contributed by atoms with Crippen LogP contribution in [0.25, 0.3) is 6.08 Å². The summed E-state index contributed by atoms with van der Waals surface area (Å²) in [5.74, 6) is -0.190. The van der Waals surface area contributed by atoms with E-state index in [0.717, 1.165) is 47.4 Å². The summed E-state index contributed by atoms with van der Waals surface area (Å²) < 4.78 is 7.01. The normalized spacial score (nSPS) is 18.2. The van der Waals surface area contributed by atoms with Crippen molar-refractivity contribution in [2.45, 2.75) is 53.4 Å². The van der Waals surface area contributed by atoms with Crippen LogP contribution in [0, 0.1) is 12.8 Å². The Hall–Kier alpha value is -2.92. The lowest BCUT2D eigenvalue weighted by atomic mass is 9.85. The van der Waals surface area contributed by atoms with Crippen LogP contribution in [0.2, 0.25) is 0 Å². The van der Waals surface area contributed by atoms with E-state index in [9.17, 15) is 14.4 Å². The third-order valence-electron chi connectivity index (χ3n) is 6.58. The summed E-state index contributed by atoms with van der Waals surface area (Å²) in [5, 5.41) is 8.29. The Morgan fingerprint density at radius 2 is 2.11 bits per heavy atom. The summed E-state index contributed by atoms with van der Waals surface area (Å²) in [4.78, 5) is 45.9. The number of anilines is 1. The van der Waals surface area contributed by atoms with Crippen molar-refractivity contribution in [2.75, 3.05) is 24.2 Å². The summed E-state index contributed by atoms with van der Waals surface area (Å²) in [5.41, 5.74) is 3.47. The largest absolute Gasteiger partial charge is 0.462 e. The second kappa shape index (κ2) is 11.6. The molecule has 0 saturated carbocycles. The van der Waals surface area contributed by atoms with Gasteiger partial charge < -0.3 is 10.1 Å². The number of nitrogens with zero attached hydrogens (tertiary/aromatic N) is 4. The Labute approximate surface area is 225 Å². The van der Waals surface area contributed by atoms with Crippen LogP contribution < -0.4 is 5.32 Å². The maximum Gasteiger partial charge on any atom is 0.341 e. The second-order valence-electron chi connectivity index (χ2n) is 9.10. The minimum atomic E-state index is -0.388. The van der Waals surface area contributed by atoms with Crippen molar-refractivity contribution >= 4 is 57.1 Å². The summed E-state index contributed by atoms with van der Waals surface area (Å²) in [7, 11) is 1.83. The molecule has 0 aromatic carbocycles. The van der Waals surface area contributed by atoms with Crippen molar-refractivity contribution < 1.29 is 19.1 Å². The SMILES string of the molecule is CCOC(=O)c1c(NC(=O)CSC2=NC(=Cc3cn(C)nc3C)C(=O)N2CC)sc2c1CCC(CC)C2. The van der Waals surface area contributed by atoms with Crippen LogP contribution in [0.15, 0.2) is 16.9 Å². The molecule has 1 atom stereocenters. The van der Waals surface area contributed by atoms with Crippen LogP contribution >= 0.6 is 23.1 Å². The number of rotatable bonds is 8. The number of aryl methyl sites for hydroxylation is 2. The van der Waals surface area contributed by atoms with E-state index in [1.165, 1.54) is 23.1 Å². The van der Waals surface area contributed by atoms with Gasteiger partial charge in [0, 0.05) is 30.2 Å². The van der Waals surface area contributed by atoms with Crippen LogP contribution in [0.4, 0.5) is 5.00 Å². The molecule has 2 aliphatic rings. The van der Waals surface area contributed by atoms with Crippen molar-refractivity contribution in [3.63, 3.8) is 0 Å². The topological polar surface area (TPSA) is 106 Å². The molecule has 3 heterocycles. The molecule has 1 aliphatic heterocycles. The van der Waals surface area contributed by atoms with E-state index < -0.39 is 0 Å². The van der Waals surface area contributed by atoms with Gasteiger partial charge in [0.25, 0.3) is 5.91 Å². The third kappa shape index (κ3) is 5.82. The molecule has 9 nitrogen and oxygen atoms in total.